The molecule has 0 aliphatic rings. The van der Waals surface area contributed by atoms with Gasteiger partial charge in [0.05, 0.1) is 0 Å². The van der Waals surface area contributed by atoms with Gasteiger partial charge in [-0.2, -0.15) is 12.6 Å². The van der Waals surface area contributed by atoms with E-state index in [9.17, 15) is 0 Å². The van der Waals surface area contributed by atoms with Crippen LogP contribution in [-0.4, -0.2) is 11.8 Å². The maximum atomic E-state index is 3.53. The second kappa shape index (κ2) is 7.89. The lowest BCUT2D eigenvalue weighted by molar-refractivity contribution is 0.634. The van der Waals surface area contributed by atoms with Crippen molar-refractivity contribution in [1.29, 1.82) is 0 Å². The van der Waals surface area contributed by atoms with E-state index in [0.717, 1.165) is 0 Å². The fourth-order valence-corrected chi connectivity index (χ4v) is 1.07. The number of halogens is 1. The molecule has 0 bridgehead atoms. The summed E-state index contributed by atoms with van der Waals surface area (Å²) in [7, 11) is 0. The van der Waals surface area contributed by atoms with E-state index < -0.39 is 0 Å². The SMILES string of the molecule is CS.Cc1ccc(NC(C)(C)C)cc1.Cl. The van der Waals surface area contributed by atoms with Crippen molar-refractivity contribution >= 4 is 30.7 Å². The molecule has 0 aliphatic heterocycles. The third kappa shape index (κ3) is 8.64. The molecule has 0 aliphatic carbocycles. The maximum absolute atomic E-state index is 3.53. The van der Waals surface area contributed by atoms with Crippen molar-refractivity contribution in [3.05, 3.63) is 29.8 Å². The third-order valence-electron chi connectivity index (χ3n) is 1.57. The summed E-state index contributed by atoms with van der Waals surface area (Å²) in [4.78, 5) is 0. The van der Waals surface area contributed by atoms with Gasteiger partial charge in [0.15, 0.2) is 0 Å². The molecule has 1 nitrogen and oxygen atoms in total. The third-order valence-corrected chi connectivity index (χ3v) is 1.57. The lowest BCUT2D eigenvalue weighted by Gasteiger charge is -2.22. The van der Waals surface area contributed by atoms with E-state index in [0.29, 0.717) is 0 Å². The number of aryl methyl sites for hydroxylation is 1. The van der Waals surface area contributed by atoms with E-state index in [1.54, 1.807) is 6.26 Å². The second-order valence-corrected chi connectivity index (χ2v) is 4.24. The zero-order chi connectivity index (χ0) is 11.2. The highest BCUT2D eigenvalue weighted by atomic mass is 35.5. The van der Waals surface area contributed by atoms with Gasteiger partial charge in [-0.3, -0.25) is 0 Å². The topological polar surface area (TPSA) is 12.0 Å². The molecule has 0 heterocycles. The minimum atomic E-state index is 0. The van der Waals surface area contributed by atoms with Crippen LogP contribution in [0.2, 0.25) is 0 Å². The first-order valence-corrected chi connectivity index (χ1v) is 5.66. The molecule has 0 fully saturated rings. The number of anilines is 1. The minimum absolute atomic E-state index is 0. The summed E-state index contributed by atoms with van der Waals surface area (Å²) in [6, 6.07) is 8.46. The summed E-state index contributed by atoms with van der Waals surface area (Å²) in [5, 5.41) is 3.41. The molecule has 0 saturated heterocycles. The first-order chi connectivity index (χ1) is 6.47. The normalized spacial score (nSPS) is 9.47. The van der Waals surface area contributed by atoms with Crippen LogP contribution in [0.4, 0.5) is 5.69 Å². The van der Waals surface area contributed by atoms with Crippen LogP contribution in [0.1, 0.15) is 26.3 Å². The lowest BCUT2D eigenvalue weighted by atomic mass is 10.1. The summed E-state index contributed by atoms with van der Waals surface area (Å²) in [5.41, 5.74) is 2.64. The Morgan fingerprint density at radius 3 is 1.73 bits per heavy atom. The number of nitrogens with one attached hydrogen (secondary N) is 1. The largest absolute Gasteiger partial charge is 0.380 e. The lowest BCUT2D eigenvalue weighted by Crippen LogP contribution is -2.25. The Labute approximate surface area is 105 Å². The standard InChI is InChI=1S/C11H17N.CH4S.ClH/c1-9-5-7-10(8-6-9)12-11(2,3)4;1-2;/h5-8,12H,1-4H3;2H,1H3;1H. The van der Waals surface area contributed by atoms with Gasteiger partial charge in [0.1, 0.15) is 0 Å². The van der Waals surface area contributed by atoms with Crippen LogP contribution in [0.3, 0.4) is 0 Å². The van der Waals surface area contributed by atoms with Crippen molar-refractivity contribution in [3.63, 3.8) is 0 Å². The molecule has 0 atom stereocenters. The first kappa shape index (κ1) is 17.1. The molecule has 1 aromatic rings. The molecule has 1 aromatic carbocycles. The second-order valence-electron chi connectivity index (χ2n) is 4.24. The molecule has 0 spiro atoms. The average Bonchev–Trinajstić information content (AvgIpc) is 2.10. The van der Waals surface area contributed by atoms with Gasteiger partial charge in [0.25, 0.3) is 0 Å². The zero-order valence-electron chi connectivity index (χ0n) is 10.2. The number of hydrogen-bond acceptors (Lipinski definition) is 2. The van der Waals surface area contributed by atoms with Crippen molar-refractivity contribution in [3.8, 4) is 0 Å². The van der Waals surface area contributed by atoms with Gasteiger partial charge in [-0.15, -0.1) is 12.4 Å². The van der Waals surface area contributed by atoms with Gasteiger partial charge in [-0.1, -0.05) is 17.7 Å². The van der Waals surface area contributed by atoms with Crippen LogP contribution in [-0.2, 0) is 0 Å². The van der Waals surface area contributed by atoms with E-state index in [4.69, 9.17) is 0 Å². The molecular weight excluding hydrogens is 226 g/mol. The van der Waals surface area contributed by atoms with Gasteiger partial charge in [-0.05, 0) is 46.1 Å². The Morgan fingerprint density at radius 2 is 1.40 bits per heavy atom. The van der Waals surface area contributed by atoms with Crippen LogP contribution in [0, 0.1) is 6.92 Å². The Balaban J connectivity index is 0. The summed E-state index contributed by atoms with van der Waals surface area (Å²) in [6.45, 7) is 8.58. The fraction of sp³-hybridized carbons (Fsp3) is 0.500. The molecule has 88 valence electrons. The van der Waals surface area contributed by atoms with Gasteiger partial charge in [0.2, 0.25) is 0 Å². The number of benzene rings is 1. The molecular formula is C12H22ClNS. The Morgan fingerprint density at radius 1 is 1.00 bits per heavy atom. The predicted molar refractivity (Wildman–Crippen MR) is 76.7 cm³/mol. The molecule has 0 saturated carbocycles. The van der Waals surface area contributed by atoms with E-state index in [1.807, 2.05) is 0 Å². The molecule has 0 radical (unpaired) electrons. The smallest absolute Gasteiger partial charge is 0.0344 e. The highest BCUT2D eigenvalue weighted by Gasteiger charge is 2.07. The predicted octanol–water partition coefficient (Wildman–Crippen LogP) is 4.17. The summed E-state index contributed by atoms with van der Waals surface area (Å²) in [5.74, 6) is 0. The average molecular weight is 248 g/mol. The van der Waals surface area contributed by atoms with E-state index >= 15 is 0 Å². The number of hydrogen-bond donors (Lipinski definition) is 2. The van der Waals surface area contributed by atoms with Crippen molar-refractivity contribution in [2.24, 2.45) is 0 Å². The first-order valence-electron chi connectivity index (χ1n) is 4.77. The van der Waals surface area contributed by atoms with Crippen molar-refractivity contribution in [2.75, 3.05) is 11.6 Å². The molecule has 0 unspecified atom stereocenters. The zero-order valence-corrected chi connectivity index (χ0v) is 11.9. The van der Waals surface area contributed by atoms with Crippen molar-refractivity contribution < 1.29 is 0 Å². The highest BCUT2D eigenvalue weighted by Crippen LogP contribution is 2.14. The summed E-state index contributed by atoms with van der Waals surface area (Å²) >= 11 is 3.53. The van der Waals surface area contributed by atoms with Crippen LogP contribution >= 0.6 is 25.0 Å². The van der Waals surface area contributed by atoms with Crippen LogP contribution in [0.25, 0.3) is 0 Å². The van der Waals surface area contributed by atoms with Crippen molar-refractivity contribution in [1.82, 2.24) is 0 Å². The van der Waals surface area contributed by atoms with E-state index in [2.05, 4.69) is 69.9 Å². The molecule has 3 heteroatoms. The van der Waals surface area contributed by atoms with Crippen molar-refractivity contribution in [2.45, 2.75) is 33.2 Å². The summed E-state index contributed by atoms with van der Waals surface area (Å²) in [6.07, 6.45) is 1.69. The quantitative estimate of drug-likeness (QED) is 0.710. The van der Waals surface area contributed by atoms with Gasteiger partial charge in [0, 0.05) is 11.2 Å². The molecule has 15 heavy (non-hydrogen) atoms. The van der Waals surface area contributed by atoms with Gasteiger partial charge >= 0.3 is 0 Å². The highest BCUT2D eigenvalue weighted by molar-refractivity contribution is 7.79. The maximum Gasteiger partial charge on any atom is 0.0344 e. The number of thiol groups is 1. The van der Waals surface area contributed by atoms with Gasteiger partial charge < -0.3 is 5.32 Å². The van der Waals surface area contributed by atoms with Crippen LogP contribution in [0.5, 0.6) is 0 Å². The van der Waals surface area contributed by atoms with Crippen LogP contribution < -0.4 is 5.32 Å². The minimum Gasteiger partial charge on any atom is -0.380 e. The fourth-order valence-electron chi connectivity index (χ4n) is 1.07. The summed E-state index contributed by atoms with van der Waals surface area (Å²) < 4.78 is 0. The molecule has 1 rings (SSSR count). The monoisotopic (exact) mass is 247 g/mol. The molecule has 0 aromatic heterocycles. The van der Waals surface area contributed by atoms with Crippen LogP contribution in [0.15, 0.2) is 24.3 Å². The molecule has 1 N–H and O–H groups in total. The molecule has 0 amide bonds. The number of rotatable bonds is 1. The Hall–Kier alpha value is -0.340. The van der Waals surface area contributed by atoms with Gasteiger partial charge in [-0.25, -0.2) is 0 Å². The van der Waals surface area contributed by atoms with E-state index in [1.165, 1.54) is 11.3 Å². The Kier molecular flexibility index (Phi) is 8.98. The van der Waals surface area contributed by atoms with E-state index in [-0.39, 0.29) is 17.9 Å². The Bertz CT molecular complexity index is 251.